The van der Waals surface area contributed by atoms with Crippen LogP contribution in [0.1, 0.15) is 59.6 Å². The van der Waals surface area contributed by atoms with Crippen LogP contribution in [-0.2, 0) is 25.7 Å². The van der Waals surface area contributed by atoms with E-state index < -0.39 is 12.6 Å². The van der Waals surface area contributed by atoms with Gasteiger partial charge in [-0.2, -0.15) is 13.2 Å². The highest BCUT2D eigenvalue weighted by molar-refractivity contribution is 5.85. The van der Waals surface area contributed by atoms with Gasteiger partial charge in [0.15, 0.2) is 0 Å². The molecule has 0 aliphatic heterocycles. The van der Waals surface area contributed by atoms with Gasteiger partial charge in [0.05, 0.1) is 6.42 Å². The Morgan fingerprint density at radius 2 is 1.27 bits per heavy atom. The average molecular weight is 503 g/mol. The van der Waals surface area contributed by atoms with Gasteiger partial charge in [0, 0.05) is 16.5 Å². The van der Waals surface area contributed by atoms with Crippen molar-refractivity contribution in [2.24, 2.45) is 0 Å². The van der Waals surface area contributed by atoms with Gasteiger partial charge in [0.25, 0.3) is 0 Å². The van der Waals surface area contributed by atoms with E-state index in [1.165, 1.54) is 37.0 Å². The topological polar surface area (TPSA) is 0 Å². The SMILES string of the molecule is CCCCCc1ccc(C#Cc2ccc3c(F)c(CCc4ccc(CC(F)(F)F)cc4)ccc3c2)cc1. The highest BCUT2D eigenvalue weighted by Crippen LogP contribution is 2.25. The van der Waals surface area contributed by atoms with E-state index in [1.54, 1.807) is 24.3 Å². The third-order valence-corrected chi connectivity index (χ3v) is 6.52. The van der Waals surface area contributed by atoms with Crippen molar-refractivity contribution in [1.29, 1.82) is 0 Å². The van der Waals surface area contributed by atoms with Gasteiger partial charge in [-0.3, -0.25) is 0 Å². The fraction of sp³-hybridized carbons (Fsp3) is 0.273. The fourth-order valence-electron chi connectivity index (χ4n) is 4.42. The Morgan fingerprint density at radius 3 is 1.97 bits per heavy atom. The smallest absolute Gasteiger partial charge is 0.206 e. The predicted octanol–water partition coefficient (Wildman–Crippen LogP) is 9.00. The van der Waals surface area contributed by atoms with Gasteiger partial charge < -0.3 is 0 Å². The first-order valence-corrected chi connectivity index (χ1v) is 12.8. The molecule has 0 nitrogen and oxygen atoms in total. The number of hydrogen-bond donors (Lipinski definition) is 0. The number of alkyl halides is 3. The lowest BCUT2D eigenvalue weighted by molar-refractivity contribution is -0.127. The number of benzene rings is 4. The van der Waals surface area contributed by atoms with Crippen LogP contribution < -0.4 is 0 Å². The molecule has 0 saturated carbocycles. The molecule has 0 aliphatic carbocycles. The van der Waals surface area contributed by atoms with E-state index in [-0.39, 0.29) is 11.4 Å². The standard InChI is InChI=1S/C33H30F4/c1-2-3-4-5-24-6-8-25(9-7-24)10-13-27-17-21-31-30(22-27)20-19-29(32(31)34)18-16-26-11-14-28(15-12-26)23-33(35,36)37/h6-9,11-12,14-15,17,19-22H,2-5,16,18,23H2,1H3. The molecule has 0 radical (unpaired) electrons. The van der Waals surface area contributed by atoms with Crippen molar-refractivity contribution in [2.75, 3.05) is 0 Å². The van der Waals surface area contributed by atoms with Crippen molar-refractivity contribution >= 4 is 10.8 Å². The number of unbranched alkanes of at least 4 members (excludes halogenated alkanes) is 2. The van der Waals surface area contributed by atoms with Crippen LogP contribution in [0.3, 0.4) is 0 Å². The molecule has 0 saturated heterocycles. The van der Waals surface area contributed by atoms with Crippen LogP contribution in [0.5, 0.6) is 0 Å². The summed E-state index contributed by atoms with van der Waals surface area (Å²) in [6, 6.07) is 23.9. The van der Waals surface area contributed by atoms with Crippen molar-refractivity contribution in [1.82, 2.24) is 0 Å². The van der Waals surface area contributed by atoms with Gasteiger partial charge in [-0.25, -0.2) is 4.39 Å². The van der Waals surface area contributed by atoms with Crippen LogP contribution in [0.4, 0.5) is 17.6 Å². The first-order chi connectivity index (χ1) is 17.8. The van der Waals surface area contributed by atoms with E-state index >= 15 is 4.39 Å². The second-order valence-corrected chi connectivity index (χ2v) is 9.49. The van der Waals surface area contributed by atoms with Crippen LogP contribution in [0.2, 0.25) is 0 Å². The largest absolute Gasteiger partial charge is 0.393 e. The quantitative estimate of drug-likeness (QED) is 0.128. The summed E-state index contributed by atoms with van der Waals surface area (Å²) in [5, 5.41) is 1.33. The van der Waals surface area contributed by atoms with E-state index in [0.29, 0.717) is 23.8 Å². The number of hydrogen-bond acceptors (Lipinski definition) is 0. The molecule has 37 heavy (non-hydrogen) atoms. The lowest BCUT2D eigenvalue weighted by atomic mass is 9.98. The molecule has 0 bridgehead atoms. The molecule has 0 aromatic heterocycles. The number of fused-ring (bicyclic) bond motifs is 1. The molecule has 0 atom stereocenters. The Labute approximate surface area is 216 Å². The van der Waals surface area contributed by atoms with E-state index in [2.05, 4.69) is 30.9 Å². The molecule has 0 fully saturated rings. The number of halogens is 4. The Bertz CT molecular complexity index is 1390. The zero-order valence-electron chi connectivity index (χ0n) is 21.0. The molecular weight excluding hydrogens is 472 g/mol. The van der Waals surface area contributed by atoms with Crippen molar-refractivity contribution in [3.63, 3.8) is 0 Å². The summed E-state index contributed by atoms with van der Waals surface area (Å²) in [7, 11) is 0. The predicted molar refractivity (Wildman–Crippen MR) is 143 cm³/mol. The maximum atomic E-state index is 15.2. The second kappa shape index (κ2) is 12.1. The summed E-state index contributed by atoms with van der Waals surface area (Å²) >= 11 is 0. The minimum absolute atomic E-state index is 0.228. The normalized spacial score (nSPS) is 11.4. The molecule has 4 heteroatoms. The summed E-state index contributed by atoms with van der Waals surface area (Å²) in [4.78, 5) is 0. The third kappa shape index (κ3) is 7.70. The number of aryl methyl sites for hydroxylation is 3. The van der Waals surface area contributed by atoms with E-state index in [0.717, 1.165) is 28.5 Å². The second-order valence-electron chi connectivity index (χ2n) is 9.49. The fourth-order valence-corrected chi connectivity index (χ4v) is 4.42. The van der Waals surface area contributed by atoms with Crippen molar-refractivity contribution in [2.45, 2.75) is 58.0 Å². The molecule has 4 aromatic rings. The zero-order valence-corrected chi connectivity index (χ0v) is 21.0. The molecule has 0 N–H and O–H groups in total. The molecule has 0 spiro atoms. The van der Waals surface area contributed by atoms with Gasteiger partial charge in [0.1, 0.15) is 5.82 Å². The van der Waals surface area contributed by atoms with Gasteiger partial charge in [-0.05, 0) is 77.6 Å². The minimum Gasteiger partial charge on any atom is -0.206 e. The van der Waals surface area contributed by atoms with E-state index in [4.69, 9.17) is 0 Å². The van der Waals surface area contributed by atoms with Crippen LogP contribution >= 0.6 is 0 Å². The maximum Gasteiger partial charge on any atom is 0.393 e. The molecule has 0 heterocycles. The van der Waals surface area contributed by atoms with E-state index in [1.807, 2.05) is 30.3 Å². The summed E-state index contributed by atoms with van der Waals surface area (Å²) in [6.07, 6.45) is 0.611. The van der Waals surface area contributed by atoms with Gasteiger partial charge in [-0.15, -0.1) is 0 Å². The summed E-state index contributed by atoms with van der Waals surface area (Å²) < 4.78 is 52.8. The highest BCUT2D eigenvalue weighted by Gasteiger charge is 2.27. The molecular formula is C33H30F4. The van der Waals surface area contributed by atoms with Crippen molar-refractivity contribution in [3.05, 3.63) is 118 Å². The molecule has 190 valence electrons. The van der Waals surface area contributed by atoms with Crippen LogP contribution in [-0.4, -0.2) is 6.18 Å². The molecule has 4 aromatic carbocycles. The number of rotatable bonds is 8. The lowest BCUT2D eigenvalue weighted by Crippen LogP contribution is -2.11. The summed E-state index contributed by atoms with van der Waals surface area (Å²) in [5.74, 6) is 6.12. The van der Waals surface area contributed by atoms with Crippen LogP contribution in [0, 0.1) is 17.7 Å². The molecule has 0 unspecified atom stereocenters. The zero-order chi connectivity index (χ0) is 26.3. The van der Waals surface area contributed by atoms with Crippen molar-refractivity contribution < 1.29 is 17.6 Å². The Balaban J connectivity index is 1.41. The first kappa shape index (κ1) is 26.5. The summed E-state index contributed by atoms with van der Waals surface area (Å²) in [5.41, 5.74) is 4.80. The van der Waals surface area contributed by atoms with Crippen LogP contribution in [0.15, 0.2) is 78.9 Å². The lowest BCUT2D eigenvalue weighted by Gasteiger charge is -2.09. The Morgan fingerprint density at radius 1 is 0.649 bits per heavy atom. The maximum absolute atomic E-state index is 15.2. The Hall–Kier alpha value is -3.58. The van der Waals surface area contributed by atoms with Gasteiger partial charge in [-0.1, -0.05) is 86.2 Å². The van der Waals surface area contributed by atoms with Gasteiger partial charge >= 0.3 is 6.18 Å². The van der Waals surface area contributed by atoms with Gasteiger partial charge in [0.2, 0.25) is 0 Å². The first-order valence-electron chi connectivity index (χ1n) is 12.8. The molecule has 0 aliphatic rings. The Kier molecular flexibility index (Phi) is 8.66. The monoisotopic (exact) mass is 502 g/mol. The van der Waals surface area contributed by atoms with Crippen LogP contribution in [0.25, 0.3) is 10.8 Å². The third-order valence-electron chi connectivity index (χ3n) is 6.52. The molecule has 4 rings (SSSR count). The van der Waals surface area contributed by atoms with E-state index in [9.17, 15) is 13.2 Å². The van der Waals surface area contributed by atoms with Crippen molar-refractivity contribution in [3.8, 4) is 11.8 Å². The minimum atomic E-state index is -4.22. The summed E-state index contributed by atoms with van der Waals surface area (Å²) in [6.45, 7) is 2.20. The molecule has 0 amide bonds. The average Bonchev–Trinajstić information content (AvgIpc) is 2.88. The highest BCUT2D eigenvalue weighted by atomic mass is 19.4.